The molecule has 16 heavy (non-hydrogen) atoms. The van der Waals surface area contributed by atoms with Crippen molar-refractivity contribution < 1.29 is 4.39 Å². The summed E-state index contributed by atoms with van der Waals surface area (Å²) in [5.74, 6) is -0.407. The number of halogens is 1. The topological polar surface area (TPSA) is 48.7 Å². The zero-order valence-corrected chi connectivity index (χ0v) is 9.09. The average molecular weight is 233 g/mol. The number of anilines is 1. The predicted octanol–water partition coefficient (Wildman–Crippen LogP) is 2.77. The van der Waals surface area contributed by atoms with Crippen molar-refractivity contribution in [3.05, 3.63) is 46.2 Å². The number of nitrogens with one attached hydrogen (secondary N) is 1. The van der Waals surface area contributed by atoms with Crippen LogP contribution in [0.3, 0.4) is 0 Å². The Kier molecular flexibility index (Phi) is 3.13. The van der Waals surface area contributed by atoms with Crippen LogP contribution in [0.1, 0.15) is 11.3 Å². The Labute approximate surface area is 96.2 Å². The molecule has 2 aromatic rings. The fraction of sp³-hybridized carbons (Fsp3) is 0.0909. The molecule has 3 nitrogen and oxygen atoms in total. The van der Waals surface area contributed by atoms with E-state index in [2.05, 4.69) is 10.3 Å². The monoisotopic (exact) mass is 233 g/mol. The van der Waals surface area contributed by atoms with Crippen LogP contribution in [0.2, 0.25) is 0 Å². The number of hydrogen-bond acceptors (Lipinski definition) is 4. The second kappa shape index (κ2) is 4.73. The lowest BCUT2D eigenvalue weighted by atomic mass is 10.2. The molecule has 80 valence electrons. The zero-order chi connectivity index (χ0) is 11.4. The molecule has 0 aliphatic heterocycles. The maximum atomic E-state index is 12.9. The van der Waals surface area contributed by atoms with Crippen LogP contribution in [0.25, 0.3) is 0 Å². The fourth-order valence-electron chi connectivity index (χ4n) is 1.27. The van der Waals surface area contributed by atoms with Crippen LogP contribution >= 0.6 is 11.3 Å². The number of nitriles is 1. The maximum absolute atomic E-state index is 12.9. The smallest absolute Gasteiger partial charge is 0.124 e. The van der Waals surface area contributed by atoms with Crippen LogP contribution in [0.15, 0.2) is 29.1 Å². The number of thiazole rings is 1. The lowest BCUT2D eigenvalue weighted by molar-refractivity contribution is 0.627. The summed E-state index contributed by atoms with van der Waals surface area (Å²) in [5, 5.41) is 13.8. The summed E-state index contributed by atoms with van der Waals surface area (Å²) in [6, 6.07) is 6.04. The van der Waals surface area contributed by atoms with Crippen LogP contribution < -0.4 is 5.32 Å². The first-order valence-electron chi connectivity index (χ1n) is 4.60. The summed E-state index contributed by atoms with van der Waals surface area (Å²) >= 11 is 1.51. The summed E-state index contributed by atoms with van der Waals surface area (Å²) in [6.45, 7) is 0.532. The molecular formula is C11H8FN3S. The third kappa shape index (κ3) is 2.35. The number of rotatable bonds is 3. The van der Waals surface area contributed by atoms with E-state index in [1.807, 2.05) is 11.4 Å². The predicted molar refractivity (Wildman–Crippen MR) is 60.6 cm³/mol. The molecule has 1 aromatic heterocycles. The molecule has 1 heterocycles. The Hall–Kier alpha value is -1.93. The summed E-state index contributed by atoms with van der Waals surface area (Å²) < 4.78 is 12.9. The van der Waals surface area contributed by atoms with E-state index in [1.54, 1.807) is 11.6 Å². The minimum absolute atomic E-state index is 0.301. The van der Waals surface area contributed by atoms with E-state index in [9.17, 15) is 4.39 Å². The SMILES string of the molecule is N#Cc1cc(F)ccc1NCc1cscn1. The van der Waals surface area contributed by atoms with Gasteiger partial charge in [-0.1, -0.05) is 0 Å². The van der Waals surface area contributed by atoms with Crippen molar-refractivity contribution in [2.45, 2.75) is 6.54 Å². The third-order valence-corrected chi connectivity index (χ3v) is 2.68. The highest BCUT2D eigenvalue weighted by Crippen LogP contribution is 2.16. The van der Waals surface area contributed by atoms with Gasteiger partial charge < -0.3 is 5.32 Å². The molecular weight excluding hydrogens is 225 g/mol. The lowest BCUT2D eigenvalue weighted by Gasteiger charge is -2.06. The zero-order valence-electron chi connectivity index (χ0n) is 8.27. The van der Waals surface area contributed by atoms with E-state index < -0.39 is 5.82 Å². The van der Waals surface area contributed by atoms with Crippen molar-refractivity contribution in [3.63, 3.8) is 0 Å². The maximum Gasteiger partial charge on any atom is 0.124 e. The van der Waals surface area contributed by atoms with Gasteiger partial charge in [0, 0.05) is 5.38 Å². The van der Waals surface area contributed by atoms with Gasteiger partial charge in [0.25, 0.3) is 0 Å². The molecule has 0 amide bonds. The second-order valence-corrected chi connectivity index (χ2v) is 3.85. The van der Waals surface area contributed by atoms with Gasteiger partial charge in [0.1, 0.15) is 11.9 Å². The molecule has 0 saturated heterocycles. The molecule has 0 atom stereocenters. The van der Waals surface area contributed by atoms with Crippen molar-refractivity contribution in [2.75, 3.05) is 5.32 Å². The minimum Gasteiger partial charge on any atom is -0.378 e. The van der Waals surface area contributed by atoms with Crippen LogP contribution in [0.4, 0.5) is 10.1 Å². The number of benzene rings is 1. The second-order valence-electron chi connectivity index (χ2n) is 3.14. The molecule has 1 aromatic carbocycles. The molecule has 0 fully saturated rings. The van der Waals surface area contributed by atoms with Crippen molar-refractivity contribution in [1.82, 2.24) is 4.98 Å². The normalized spacial score (nSPS) is 9.75. The molecule has 1 N–H and O–H groups in total. The Balaban J connectivity index is 2.13. The van der Waals surface area contributed by atoms with E-state index in [0.717, 1.165) is 5.69 Å². The number of aromatic nitrogens is 1. The summed E-state index contributed by atoms with van der Waals surface area (Å²) in [6.07, 6.45) is 0. The standard InChI is InChI=1S/C11H8FN3S/c12-9-1-2-11(8(3-9)4-13)14-5-10-6-16-7-15-10/h1-3,6-7,14H,5H2. The fourth-order valence-corrected chi connectivity index (χ4v) is 1.83. The van der Waals surface area contributed by atoms with Crippen molar-refractivity contribution >= 4 is 17.0 Å². The molecule has 0 radical (unpaired) electrons. The molecule has 0 aliphatic carbocycles. The van der Waals surface area contributed by atoms with E-state index in [4.69, 9.17) is 5.26 Å². The number of hydrogen-bond donors (Lipinski definition) is 1. The van der Waals surface area contributed by atoms with Gasteiger partial charge in [-0.15, -0.1) is 11.3 Å². The number of nitrogens with zero attached hydrogens (tertiary/aromatic N) is 2. The van der Waals surface area contributed by atoms with E-state index in [1.165, 1.54) is 23.5 Å². The Morgan fingerprint density at radius 2 is 2.38 bits per heavy atom. The molecule has 2 rings (SSSR count). The highest BCUT2D eigenvalue weighted by atomic mass is 32.1. The van der Waals surface area contributed by atoms with Gasteiger partial charge in [0.2, 0.25) is 0 Å². The Morgan fingerprint density at radius 3 is 3.06 bits per heavy atom. The van der Waals surface area contributed by atoms with Crippen molar-refractivity contribution in [2.24, 2.45) is 0 Å². The van der Waals surface area contributed by atoms with E-state index in [0.29, 0.717) is 17.8 Å². The van der Waals surface area contributed by atoms with Gasteiger partial charge in [0.05, 0.1) is 29.0 Å². The molecule has 5 heteroatoms. The Morgan fingerprint density at radius 1 is 1.50 bits per heavy atom. The molecule has 0 aliphatic rings. The van der Waals surface area contributed by atoms with E-state index in [-0.39, 0.29) is 0 Å². The van der Waals surface area contributed by atoms with Crippen LogP contribution in [-0.2, 0) is 6.54 Å². The van der Waals surface area contributed by atoms with Crippen LogP contribution in [0.5, 0.6) is 0 Å². The van der Waals surface area contributed by atoms with Gasteiger partial charge in [-0.2, -0.15) is 5.26 Å². The van der Waals surface area contributed by atoms with Gasteiger partial charge in [0.15, 0.2) is 0 Å². The third-order valence-electron chi connectivity index (χ3n) is 2.05. The van der Waals surface area contributed by atoms with Gasteiger partial charge in [-0.05, 0) is 18.2 Å². The van der Waals surface area contributed by atoms with Gasteiger partial charge >= 0.3 is 0 Å². The first-order chi connectivity index (χ1) is 7.79. The molecule has 0 saturated carbocycles. The molecule has 0 spiro atoms. The highest BCUT2D eigenvalue weighted by Gasteiger charge is 2.03. The summed E-state index contributed by atoms with van der Waals surface area (Å²) in [7, 11) is 0. The van der Waals surface area contributed by atoms with Crippen molar-refractivity contribution in [1.29, 1.82) is 5.26 Å². The van der Waals surface area contributed by atoms with Crippen LogP contribution in [0, 0.1) is 17.1 Å². The first kappa shape index (κ1) is 10.6. The largest absolute Gasteiger partial charge is 0.378 e. The van der Waals surface area contributed by atoms with Crippen LogP contribution in [-0.4, -0.2) is 4.98 Å². The minimum atomic E-state index is -0.407. The first-order valence-corrected chi connectivity index (χ1v) is 5.54. The van der Waals surface area contributed by atoms with E-state index >= 15 is 0 Å². The lowest BCUT2D eigenvalue weighted by Crippen LogP contribution is -2.01. The molecule has 0 unspecified atom stereocenters. The quantitative estimate of drug-likeness (QED) is 0.886. The average Bonchev–Trinajstić information content (AvgIpc) is 2.80. The Bertz CT molecular complexity index is 517. The van der Waals surface area contributed by atoms with Gasteiger partial charge in [-0.25, -0.2) is 9.37 Å². The summed E-state index contributed by atoms with van der Waals surface area (Å²) in [4.78, 5) is 4.10. The summed E-state index contributed by atoms with van der Waals surface area (Å²) in [5.41, 5.74) is 3.57. The van der Waals surface area contributed by atoms with Gasteiger partial charge in [-0.3, -0.25) is 0 Å². The van der Waals surface area contributed by atoms with Crippen molar-refractivity contribution in [3.8, 4) is 6.07 Å². The molecule has 0 bridgehead atoms. The highest BCUT2D eigenvalue weighted by molar-refractivity contribution is 7.07.